The lowest BCUT2D eigenvalue weighted by molar-refractivity contribution is 0.635. The van der Waals surface area contributed by atoms with Crippen LogP contribution in [0.2, 0.25) is 13.1 Å². The predicted octanol–water partition coefficient (Wildman–Crippen LogP) is 0.481. The molecule has 1 nitrogen and oxygen atoms in total. The molecule has 0 N–H and O–H groups in total. The van der Waals surface area contributed by atoms with Crippen molar-refractivity contribution in [3.05, 3.63) is 12.3 Å². The Hall–Kier alpha value is 0.134. The van der Waals surface area contributed by atoms with Crippen molar-refractivity contribution >= 4 is 18.8 Å². The fourth-order valence-corrected chi connectivity index (χ4v) is 2.58. The van der Waals surface area contributed by atoms with Crippen LogP contribution < -0.4 is 0 Å². The minimum Gasteiger partial charge on any atom is -0.458 e. The summed E-state index contributed by atoms with van der Waals surface area (Å²) in [6, 6.07) is 0. The van der Waals surface area contributed by atoms with Gasteiger partial charge in [-0.15, -0.1) is 6.58 Å². The highest BCUT2D eigenvalue weighted by Gasteiger charge is 1.93. The van der Waals surface area contributed by atoms with E-state index >= 15 is 0 Å². The molecule has 0 unspecified atom stereocenters. The van der Waals surface area contributed by atoms with Crippen molar-refractivity contribution in [2.24, 2.45) is 0 Å². The van der Waals surface area contributed by atoms with Gasteiger partial charge in [0.1, 0.15) is 9.76 Å². The molecule has 7 heavy (non-hydrogen) atoms. The Morgan fingerprint density at radius 3 is 2.57 bits per heavy atom. The van der Waals surface area contributed by atoms with Gasteiger partial charge in [-0.25, -0.2) is 0 Å². The summed E-state index contributed by atoms with van der Waals surface area (Å²) < 4.78 is 5.31. The highest BCUT2D eigenvalue weighted by Crippen LogP contribution is 1.81. The third kappa shape index (κ3) is 3.98. The summed E-state index contributed by atoms with van der Waals surface area (Å²) in [7, 11) is -0.725. The van der Waals surface area contributed by atoms with Gasteiger partial charge in [0.25, 0.3) is 0 Å². The molecule has 41 valence electrons. The first-order valence-electron chi connectivity index (χ1n) is 2.40. The lowest BCUT2D eigenvalue weighted by Crippen LogP contribution is -2.10. The van der Waals surface area contributed by atoms with Crippen LogP contribution in [0.5, 0.6) is 0 Å². The van der Waals surface area contributed by atoms with Gasteiger partial charge in [-0.3, -0.25) is 0 Å². The van der Waals surface area contributed by atoms with E-state index in [0.29, 0.717) is 0 Å². The molecule has 0 saturated carbocycles. The fourth-order valence-electron chi connectivity index (χ4n) is 0.287. The molecule has 0 aliphatic carbocycles. The van der Waals surface area contributed by atoms with Gasteiger partial charge in [0.2, 0.25) is 9.04 Å². The Morgan fingerprint density at radius 1 is 1.86 bits per heavy atom. The predicted molar refractivity (Wildman–Crippen MR) is 37.3 cm³/mol. The topological polar surface area (TPSA) is 9.23 Å². The van der Waals surface area contributed by atoms with Crippen LogP contribution in [0.1, 0.15) is 0 Å². The molecule has 0 aliphatic heterocycles. The van der Waals surface area contributed by atoms with Crippen LogP contribution in [-0.4, -0.2) is 18.8 Å². The highest BCUT2D eigenvalue weighted by molar-refractivity contribution is 6.61. The van der Waals surface area contributed by atoms with E-state index in [-0.39, 0.29) is 9.76 Å². The van der Waals surface area contributed by atoms with Gasteiger partial charge in [0, 0.05) is 0 Å². The smallest absolute Gasteiger partial charge is 0.222 e. The Bertz CT molecular complexity index is 55.7. The van der Waals surface area contributed by atoms with E-state index in [1.807, 2.05) is 5.70 Å². The molecule has 1 radical (unpaired) electrons. The second-order valence-electron chi connectivity index (χ2n) is 1.25. The summed E-state index contributed by atoms with van der Waals surface area (Å²) in [4.78, 5) is 0. The average molecular weight is 131 g/mol. The third-order valence-electron chi connectivity index (χ3n) is 0.659. The molecule has 0 aliphatic rings. The van der Waals surface area contributed by atoms with Crippen LogP contribution in [-0.2, 0) is 4.12 Å². The molecular formula is C4H11OSi2. The van der Waals surface area contributed by atoms with E-state index in [1.165, 1.54) is 0 Å². The van der Waals surface area contributed by atoms with Crippen molar-refractivity contribution in [3.8, 4) is 0 Å². The van der Waals surface area contributed by atoms with Gasteiger partial charge < -0.3 is 4.12 Å². The van der Waals surface area contributed by atoms with E-state index < -0.39 is 9.04 Å². The SMILES string of the molecule is C=C[Si](C)O[SiH2]C. The Morgan fingerprint density at radius 2 is 2.43 bits per heavy atom. The average Bonchev–Trinajstić information content (AvgIpc) is 1.68. The first-order chi connectivity index (χ1) is 3.31. The Kier molecular flexibility index (Phi) is 4.38. The lowest BCUT2D eigenvalue weighted by atomic mass is 11.3. The third-order valence-corrected chi connectivity index (χ3v) is 4.21. The molecule has 0 atom stereocenters. The zero-order valence-corrected chi connectivity index (χ0v) is 7.31. The summed E-state index contributed by atoms with van der Waals surface area (Å²) in [5.74, 6) is 0. The second kappa shape index (κ2) is 4.30. The van der Waals surface area contributed by atoms with E-state index in [0.717, 1.165) is 0 Å². The quantitative estimate of drug-likeness (QED) is 0.506. The number of hydrogen-bond acceptors (Lipinski definition) is 1. The van der Waals surface area contributed by atoms with Crippen LogP contribution in [0, 0.1) is 0 Å². The first-order valence-corrected chi connectivity index (χ1v) is 6.37. The fraction of sp³-hybridized carbons (Fsp3) is 0.500. The number of hydrogen-bond donors (Lipinski definition) is 0. The monoisotopic (exact) mass is 131 g/mol. The van der Waals surface area contributed by atoms with E-state index in [4.69, 9.17) is 4.12 Å². The molecule has 0 rings (SSSR count). The zero-order chi connectivity index (χ0) is 5.70. The summed E-state index contributed by atoms with van der Waals surface area (Å²) in [5.41, 5.74) is 1.92. The van der Waals surface area contributed by atoms with Crippen LogP contribution >= 0.6 is 0 Å². The molecule has 0 aromatic carbocycles. The van der Waals surface area contributed by atoms with Gasteiger partial charge >= 0.3 is 0 Å². The summed E-state index contributed by atoms with van der Waals surface area (Å²) in [6.07, 6.45) is 0. The Balaban J connectivity index is 2.98. The molecule has 0 aromatic rings. The van der Waals surface area contributed by atoms with E-state index in [9.17, 15) is 0 Å². The van der Waals surface area contributed by atoms with Gasteiger partial charge in [-0.1, -0.05) is 12.2 Å². The molecule has 3 heteroatoms. The van der Waals surface area contributed by atoms with Crippen molar-refractivity contribution in [2.45, 2.75) is 13.1 Å². The molecule has 0 bridgehead atoms. The first kappa shape index (κ1) is 7.13. The summed E-state index contributed by atoms with van der Waals surface area (Å²) in [5, 5.41) is 0. The van der Waals surface area contributed by atoms with Gasteiger partial charge in [0.05, 0.1) is 0 Å². The lowest BCUT2D eigenvalue weighted by Gasteiger charge is -1.99. The van der Waals surface area contributed by atoms with Crippen LogP contribution in [0.25, 0.3) is 0 Å². The van der Waals surface area contributed by atoms with Crippen molar-refractivity contribution in [1.29, 1.82) is 0 Å². The van der Waals surface area contributed by atoms with Crippen LogP contribution in [0.15, 0.2) is 12.3 Å². The van der Waals surface area contributed by atoms with Gasteiger partial charge in [-0.2, -0.15) is 0 Å². The minimum atomic E-state index is -0.554. The van der Waals surface area contributed by atoms with Crippen LogP contribution in [0.4, 0.5) is 0 Å². The van der Waals surface area contributed by atoms with Crippen LogP contribution in [0.3, 0.4) is 0 Å². The van der Waals surface area contributed by atoms with Crippen molar-refractivity contribution in [1.82, 2.24) is 0 Å². The molecule has 0 fully saturated rings. The standard InChI is InChI=1S/C4H11OSi2/c1-4-7(3)5-6-2/h4H,1,6H2,2-3H3. The summed E-state index contributed by atoms with van der Waals surface area (Å²) in [6.45, 7) is 7.86. The second-order valence-corrected chi connectivity index (χ2v) is 4.61. The molecule has 0 saturated heterocycles. The van der Waals surface area contributed by atoms with Crippen molar-refractivity contribution in [3.63, 3.8) is 0 Å². The zero-order valence-electron chi connectivity index (χ0n) is 4.90. The maximum Gasteiger partial charge on any atom is 0.222 e. The highest BCUT2D eigenvalue weighted by atomic mass is 28.3. The van der Waals surface area contributed by atoms with E-state index in [1.54, 1.807) is 0 Å². The Labute approximate surface area is 49.1 Å². The molecule has 0 heterocycles. The normalized spacial score (nSPS) is 11.3. The molecule has 0 spiro atoms. The molecular weight excluding hydrogens is 120 g/mol. The number of rotatable bonds is 3. The largest absolute Gasteiger partial charge is 0.458 e. The maximum absolute atomic E-state index is 5.31. The van der Waals surface area contributed by atoms with E-state index in [2.05, 4.69) is 19.7 Å². The van der Waals surface area contributed by atoms with Crippen molar-refractivity contribution < 1.29 is 4.12 Å². The maximum atomic E-state index is 5.31. The summed E-state index contributed by atoms with van der Waals surface area (Å²) >= 11 is 0. The van der Waals surface area contributed by atoms with Gasteiger partial charge in [0.15, 0.2) is 0 Å². The molecule has 0 aromatic heterocycles. The molecule has 0 amide bonds. The van der Waals surface area contributed by atoms with Crippen molar-refractivity contribution in [2.75, 3.05) is 0 Å². The minimum absolute atomic E-state index is 0.170. The van der Waals surface area contributed by atoms with Gasteiger partial charge in [-0.05, 0) is 6.55 Å².